The number of carbonyl (C=O) groups excluding carboxylic acids is 1. The summed E-state index contributed by atoms with van der Waals surface area (Å²) in [5, 5.41) is 12.1. The SMILES string of the molecule is Nc1cc(NC(=O)CN2CCC(O)CC2)ccc1F. The fourth-order valence-electron chi connectivity index (χ4n) is 2.10. The molecule has 1 heterocycles. The first kappa shape index (κ1) is 13.8. The number of hydrogen-bond acceptors (Lipinski definition) is 4. The lowest BCUT2D eigenvalue weighted by Gasteiger charge is -2.28. The molecule has 5 nitrogen and oxygen atoms in total. The summed E-state index contributed by atoms with van der Waals surface area (Å²) in [5.74, 6) is -0.662. The average molecular weight is 267 g/mol. The van der Waals surface area contributed by atoms with Gasteiger partial charge < -0.3 is 16.2 Å². The van der Waals surface area contributed by atoms with E-state index in [2.05, 4.69) is 5.32 Å². The van der Waals surface area contributed by atoms with Crippen molar-refractivity contribution in [3.05, 3.63) is 24.0 Å². The summed E-state index contributed by atoms with van der Waals surface area (Å²) in [6.45, 7) is 1.68. The number of amides is 1. The number of nitrogens with two attached hydrogens (primary N) is 1. The van der Waals surface area contributed by atoms with Crippen molar-refractivity contribution in [3.63, 3.8) is 0 Å². The molecule has 0 aromatic heterocycles. The van der Waals surface area contributed by atoms with E-state index in [1.807, 2.05) is 4.90 Å². The number of piperidine rings is 1. The molecule has 19 heavy (non-hydrogen) atoms. The highest BCUT2D eigenvalue weighted by Crippen LogP contribution is 2.16. The molecule has 1 saturated heterocycles. The third-order valence-electron chi connectivity index (χ3n) is 3.20. The number of rotatable bonds is 3. The Bertz CT molecular complexity index is 459. The number of hydrogen-bond donors (Lipinski definition) is 3. The van der Waals surface area contributed by atoms with E-state index in [1.54, 1.807) is 0 Å². The molecule has 2 rings (SSSR count). The molecular formula is C13H18FN3O2. The summed E-state index contributed by atoms with van der Waals surface area (Å²) in [5.41, 5.74) is 5.93. The first-order valence-electron chi connectivity index (χ1n) is 6.30. The summed E-state index contributed by atoms with van der Waals surface area (Å²) in [6.07, 6.45) is 1.13. The van der Waals surface area contributed by atoms with Gasteiger partial charge in [0.15, 0.2) is 0 Å². The number of carbonyl (C=O) groups is 1. The molecule has 1 aliphatic heterocycles. The summed E-state index contributed by atoms with van der Waals surface area (Å²) in [7, 11) is 0. The Morgan fingerprint density at radius 3 is 2.79 bits per heavy atom. The molecule has 1 fully saturated rings. The van der Waals surface area contributed by atoms with Crippen LogP contribution in [0.4, 0.5) is 15.8 Å². The fourth-order valence-corrected chi connectivity index (χ4v) is 2.10. The maximum absolute atomic E-state index is 13.0. The van der Waals surface area contributed by atoms with E-state index < -0.39 is 5.82 Å². The highest BCUT2D eigenvalue weighted by atomic mass is 19.1. The molecule has 1 aromatic carbocycles. The first-order valence-corrected chi connectivity index (χ1v) is 6.30. The van der Waals surface area contributed by atoms with Crippen LogP contribution in [0.25, 0.3) is 0 Å². The second kappa shape index (κ2) is 5.99. The molecule has 4 N–H and O–H groups in total. The maximum atomic E-state index is 13.0. The number of halogens is 1. The monoisotopic (exact) mass is 267 g/mol. The third-order valence-corrected chi connectivity index (χ3v) is 3.20. The molecule has 1 aromatic rings. The smallest absolute Gasteiger partial charge is 0.238 e. The van der Waals surface area contributed by atoms with Crippen LogP contribution in [0.3, 0.4) is 0 Å². The first-order chi connectivity index (χ1) is 9.04. The van der Waals surface area contributed by atoms with Crippen molar-refractivity contribution in [2.24, 2.45) is 0 Å². The zero-order valence-electron chi connectivity index (χ0n) is 10.6. The van der Waals surface area contributed by atoms with Gasteiger partial charge in [-0.05, 0) is 31.0 Å². The quantitative estimate of drug-likeness (QED) is 0.708. The number of nitrogens with zero attached hydrogens (tertiary/aromatic N) is 1. The number of benzene rings is 1. The Morgan fingerprint density at radius 2 is 2.16 bits per heavy atom. The molecule has 0 saturated carbocycles. The van der Waals surface area contributed by atoms with Crippen LogP contribution in [0, 0.1) is 5.82 Å². The van der Waals surface area contributed by atoms with E-state index in [4.69, 9.17) is 5.73 Å². The Morgan fingerprint density at radius 1 is 1.47 bits per heavy atom. The van der Waals surface area contributed by atoms with Crippen molar-refractivity contribution in [2.45, 2.75) is 18.9 Å². The molecule has 0 unspecified atom stereocenters. The minimum atomic E-state index is -0.497. The van der Waals surface area contributed by atoms with E-state index in [-0.39, 0.29) is 24.2 Å². The normalized spacial score (nSPS) is 17.4. The van der Waals surface area contributed by atoms with Gasteiger partial charge in [-0.25, -0.2) is 4.39 Å². The highest BCUT2D eigenvalue weighted by Gasteiger charge is 2.18. The third kappa shape index (κ3) is 3.90. The highest BCUT2D eigenvalue weighted by molar-refractivity contribution is 5.92. The van der Waals surface area contributed by atoms with Crippen LogP contribution in [-0.2, 0) is 4.79 Å². The van der Waals surface area contributed by atoms with Crippen LogP contribution in [0.15, 0.2) is 18.2 Å². The van der Waals surface area contributed by atoms with E-state index in [9.17, 15) is 14.3 Å². The summed E-state index contributed by atoms with van der Waals surface area (Å²) < 4.78 is 13.0. The van der Waals surface area contributed by atoms with Gasteiger partial charge in [-0.2, -0.15) is 0 Å². The number of aliphatic hydroxyl groups is 1. The molecule has 0 bridgehead atoms. The van der Waals surface area contributed by atoms with Gasteiger partial charge in [0.25, 0.3) is 0 Å². The predicted octanol–water partition coefficient (Wildman–Crippen LogP) is 0.803. The largest absolute Gasteiger partial charge is 0.396 e. The Kier molecular flexibility index (Phi) is 4.34. The molecule has 104 valence electrons. The Labute approximate surface area is 111 Å². The molecule has 6 heteroatoms. The van der Waals surface area contributed by atoms with Gasteiger partial charge >= 0.3 is 0 Å². The van der Waals surface area contributed by atoms with Crippen molar-refractivity contribution >= 4 is 17.3 Å². The minimum absolute atomic E-state index is 0.0129. The van der Waals surface area contributed by atoms with Crippen molar-refractivity contribution in [3.8, 4) is 0 Å². The van der Waals surface area contributed by atoms with Gasteiger partial charge in [0.2, 0.25) is 5.91 Å². The topological polar surface area (TPSA) is 78.6 Å². The Balaban J connectivity index is 1.85. The maximum Gasteiger partial charge on any atom is 0.238 e. The van der Waals surface area contributed by atoms with E-state index in [1.165, 1.54) is 18.2 Å². The average Bonchev–Trinajstić information content (AvgIpc) is 2.37. The van der Waals surface area contributed by atoms with Gasteiger partial charge in [-0.15, -0.1) is 0 Å². The van der Waals surface area contributed by atoms with Crippen LogP contribution in [0.2, 0.25) is 0 Å². The van der Waals surface area contributed by atoms with Gasteiger partial charge in [0.05, 0.1) is 18.3 Å². The van der Waals surface area contributed by atoms with Crippen molar-refractivity contribution in [2.75, 3.05) is 30.7 Å². The van der Waals surface area contributed by atoms with Gasteiger partial charge in [-0.3, -0.25) is 9.69 Å². The van der Waals surface area contributed by atoms with Crippen LogP contribution in [0.1, 0.15) is 12.8 Å². The zero-order valence-corrected chi connectivity index (χ0v) is 10.6. The second-order valence-corrected chi connectivity index (χ2v) is 4.79. The van der Waals surface area contributed by atoms with Crippen molar-refractivity contribution in [1.29, 1.82) is 0 Å². The predicted molar refractivity (Wildman–Crippen MR) is 71.1 cm³/mol. The number of likely N-dealkylation sites (tertiary alicyclic amines) is 1. The van der Waals surface area contributed by atoms with Crippen LogP contribution in [-0.4, -0.2) is 41.7 Å². The zero-order chi connectivity index (χ0) is 13.8. The lowest BCUT2D eigenvalue weighted by atomic mass is 10.1. The van der Waals surface area contributed by atoms with Crippen molar-refractivity contribution in [1.82, 2.24) is 4.90 Å². The fraction of sp³-hybridized carbons (Fsp3) is 0.462. The molecule has 0 atom stereocenters. The van der Waals surface area contributed by atoms with Crippen LogP contribution >= 0.6 is 0 Å². The lowest BCUT2D eigenvalue weighted by molar-refractivity contribution is -0.117. The van der Waals surface area contributed by atoms with E-state index in [0.717, 1.165) is 0 Å². The van der Waals surface area contributed by atoms with E-state index in [0.29, 0.717) is 31.6 Å². The van der Waals surface area contributed by atoms with Crippen molar-refractivity contribution < 1.29 is 14.3 Å². The minimum Gasteiger partial charge on any atom is -0.396 e. The summed E-state index contributed by atoms with van der Waals surface area (Å²) in [6, 6.07) is 4.10. The molecular weight excluding hydrogens is 249 g/mol. The Hall–Kier alpha value is -1.66. The summed E-state index contributed by atoms with van der Waals surface area (Å²) >= 11 is 0. The van der Waals surface area contributed by atoms with Gasteiger partial charge in [0, 0.05) is 18.8 Å². The number of anilines is 2. The number of nitrogens with one attached hydrogen (secondary N) is 1. The number of nitrogen functional groups attached to an aromatic ring is 1. The molecule has 1 aliphatic rings. The molecule has 0 spiro atoms. The van der Waals surface area contributed by atoms with Crippen LogP contribution < -0.4 is 11.1 Å². The summed E-state index contributed by atoms with van der Waals surface area (Å²) in [4.78, 5) is 13.8. The second-order valence-electron chi connectivity index (χ2n) is 4.79. The molecule has 1 amide bonds. The van der Waals surface area contributed by atoms with Crippen LogP contribution in [0.5, 0.6) is 0 Å². The molecule has 0 radical (unpaired) electrons. The standard InChI is InChI=1S/C13H18FN3O2/c14-11-2-1-9(7-12(11)15)16-13(19)8-17-5-3-10(18)4-6-17/h1-2,7,10,18H,3-6,8,15H2,(H,16,19). The van der Waals surface area contributed by atoms with Gasteiger partial charge in [-0.1, -0.05) is 0 Å². The van der Waals surface area contributed by atoms with E-state index >= 15 is 0 Å². The molecule has 0 aliphatic carbocycles. The number of aliphatic hydroxyl groups excluding tert-OH is 1. The lowest BCUT2D eigenvalue weighted by Crippen LogP contribution is -2.40. The van der Waals surface area contributed by atoms with Gasteiger partial charge in [0.1, 0.15) is 5.82 Å².